The Morgan fingerprint density at radius 2 is 2.08 bits per heavy atom. The second kappa shape index (κ2) is 5.81. The number of halogens is 1. The quantitative estimate of drug-likeness (QED) is 0.447. The van der Waals surface area contributed by atoms with Gasteiger partial charge in [0.2, 0.25) is 5.95 Å². The van der Waals surface area contributed by atoms with Crippen LogP contribution in [0, 0.1) is 6.92 Å². The maximum Gasteiger partial charge on any atom is 0.222 e. The molecule has 0 atom stereocenters. The van der Waals surface area contributed by atoms with Crippen molar-refractivity contribution >= 4 is 38.7 Å². The van der Waals surface area contributed by atoms with Gasteiger partial charge in [-0.05, 0) is 40.0 Å². The van der Waals surface area contributed by atoms with E-state index in [-0.39, 0.29) is 5.95 Å². The average Bonchev–Trinajstić information content (AvgIpc) is 3.17. The van der Waals surface area contributed by atoms with Crippen LogP contribution >= 0.6 is 15.9 Å². The molecule has 126 valence electrons. The molecule has 3 heterocycles. The third kappa shape index (κ3) is 2.70. The minimum Gasteiger partial charge on any atom is -0.399 e. The summed E-state index contributed by atoms with van der Waals surface area (Å²) < 4.78 is 2.45. The summed E-state index contributed by atoms with van der Waals surface area (Å²) in [7, 11) is 0. The molecule has 4 rings (SSSR count). The van der Waals surface area contributed by atoms with Gasteiger partial charge in [-0.25, -0.2) is 9.67 Å². The van der Waals surface area contributed by atoms with Gasteiger partial charge in [0.1, 0.15) is 11.4 Å². The highest BCUT2D eigenvalue weighted by Gasteiger charge is 2.18. The van der Waals surface area contributed by atoms with Crippen molar-refractivity contribution in [3.05, 3.63) is 40.0 Å². The van der Waals surface area contributed by atoms with Gasteiger partial charge in [0.25, 0.3) is 0 Å². The molecule has 3 aromatic heterocycles. The fourth-order valence-corrected chi connectivity index (χ4v) is 2.98. The van der Waals surface area contributed by atoms with Crippen molar-refractivity contribution in [1.82, 2.24) is 35.2 Å². The number of nitrogens with one attached hydrogen (secondary N) is 1. The number of aromatic amines is 1. The smallest absolute Gasteiger partial charge is 0.222 e. The zero-order valence-electron chi connectivity index (χ0n) is 13.2. The van der Waals surface area contributed by atoms with E-state index in [9.17, 15) is 0 Å². The summed E-state index contributed by atoms with van der Waals surface area (Å²) in [5.74, 6) is 0.140. The van der Waals surface area contributed by atoms with Crippen molar-refractivity contribution in [3.8, 4) is 11.4 Å². The summed E-state index contributed by atoms with van der Waals surface area (Å²) in [5.41, 5.74) is 16.9. The summed E-state index contributed by atoms with van der Waals surface area (Å²) in [6.07, 6.45) is 1.64. The second-order valence-electron chi connectivity index (χ2n) is 5.63. The van der Waals surface area contributed by atoms with E-state index in [1.165, 1.54) is 0 Å². The van der Waals surface area contributed by atoms with Crippen LogP contribution in [0.4, 0.5) is 11.6 Å². The third-order valence-corrected chi connectivity index (χ3v) is 4.48. The number of aromatic nitrogens is 7. The molecule has 0 amide bonds. The summed E-state index contributed by atoms with van der Waals surface area (Å²) in [6, 6.07) is 5.84. The molecular formula is C15H14BrN9. The van der Waals surface area contributed by atoms with Crippen molar-refractivity contribution < 1.29 is 0 Å². The highest BCUT2D eigenvalue weighted by atomic mass is 79.9. The first-order chi connectivity index (χ1) is 12.0. The normalized spacial score (nSPS) is 11.3. The first kappa shape index (κ1) is 15.5. The number of nitrogens with zero attached hydrogens (tertiary/aromatic N) is 6. The second-order valence-corrected chi connectivity index (χ2v) is 6.49. The minimum absolute atomic E-state index is 0.140. The Kier molecular flexibility index (Phi) is 3.61. The zero-order valence-corrected chi connectivity index (χ0v) is 14.8. The molecule has 0 aliphatic carbocycles. The van der Waals surface area contributed by atoms with Gasteiger partial charge < -0.3 is 11.5 Å². The molecule has 0 saturated heterocycles. The van der Waals surface area contributed by atoms with Gasteiger partial charge in [-0.2, -0.15) is 10.1 Å². The third-order valence-electron chi connectivity index (χ3n) is 3.88. The van der Waals surface area contributed by atoms with Crippen molar-refractivity contribution in [2.75, 3.05) is 11.5 Å². The molecule has 25 heavy (non-hydrogen) atoms. The summed E-state index contributed by atoms with van der Waals surface area (Å²) in [6.45, 7) is 2.46. The van der Waals surface area contributed by atoms with Crippen LogP contribution in [0.2, 0.25) is 0 Å². The van der Waals surface area contributed by atoms with Crippen LogP contribution in [0.15, 0.2) is 28.9 Å². The van der Waals surface area contributed by atoms with E-state index >= 15 is 0 Å². The highest BCUT2D eigenvalue weighted by molar-refractivity contribution is 9.10. The van der Waals surface area contributed by atoms with E-state index in [0.717, 1.165) is 21.3 Å². The molecule has 10 heteroatoms. The Morgan fingerprint density at radius 3 is 2.80 bits per heavy atom. The van der Waals surface area contributed by atoms with E-state index in [1.807, 2.05) is 25.1 Å². The van der Waals surface area contributed by atoms with Crippen LogP contribution in [0.5, 0.6) is 0 Å². The monoisotopic (exact) mass is 399 g/mol. The Hall–Kier alpha value is -3.01. The van der Waals surface area contributed by atoms with Gasteiger partial charge in [-0.1, -0.05) is 17.3 Å². The standard InChI is InChI=1S/C15H14BrN9/c1-7-4-8(2-3-10(7)17)6-25-14-13(23-24-25)12(20-15(18)21-14)11-9(16)5-19-22-11/h2-5H,6,17H2,1H3,(H,19,22)(H2,18,20,21). The molecule has 0 unspecified atom stereocenters. The molecule has 0 fully saturated rings. The van der Waals surface area contributed by atoms with Gasteiger partial charge in [-0.15, -0.1) is 5.10 Å². The van der Waals surface area contributed by atoms with Crippen LogP contribution in [-0.4, -0.2) is 35.2 Å². The maximum atomic E-state index is 5.89. The van der Waals surface area contributed by atoms with Crippen LogP contribution in [0.1, 0.15) is 11.1 Å². The summed E-state index contributed by atoms with van der Waals surface area (Å²) in [5, 5.41) is 15.3. The van der Waals surface area contributed by atoms with E-state index in [1.54, 1.807) is 10.9 Å². The van der Waals surface area contributed by atoms with Crippen molar-refractivity contribution in [2.45, 2.75) is 13.5 Å². The number of benzene rings is 1. The van der Waals surface area contributed by atoms with Gasteiger partial charge >= 0.3 is 0 Å². The van der Waals surface area contributed by atoms with E-state index < -0.39 is 0 Å². The molecule has 0 spiro atoms. The van der Waals surface area contributed by atoms with Gasteiger partial charge in [0.05, 0.1) is 17.2 Å². The van der Waals surface area contributed by atoms with Gasteiger partial charge in [0, 0.05) is 5.69 Å². The minimum atomic E-state index is 0.140. The fourth-order valence-electron chi connectivity index (χ4n) is 2.60. The van der Waals surface area contributed by atoms with Gasteiger partial charge in [0.15, 0.2) is 11.2 Å². The Bertz CT molecular complexity index is 1080. The van der Waals surface area contributed by atoms with Gasteiger partial charge in [-0.3, -0.25) is 5.10 Å². The molecule has 9 nitrogen and oxygen atoms in total. The lowest BCUT2D eigenvalue weighted by Gasteiger charge is -2.06. The maximum absolute atomic E-state index is 5.89. The predicted octanol–water partition coefficient (Wildman–Crippen LogP) is 1.90. The van der Waals surface area contributed by atoms with Crippen LogP contribution in [0.3, 0.4) is 0 Å². The number of nitrogens with two attached hydrogens (primary N) is 2. The zero-order chi connectivity index (χ0) is 17.6. The van der Waals surface area contributed by atoms with Crippen LogP contribution < -0.4 is 11.5 Å². The molecular weight excluding hydrogens is 386 g/mol. The number of H-pyrrole nitrogens is 1. The van der Waals surface area contributed by atoms with Crippen LogP contribution in [0.25, 0.3) is 22.6 Å². The predicted molar refractivity (Wildman–Crippen MR) is 97.5 cm³/mol. The van der Waals surface area contributed by atoms with Crippen molar-refractivity contribution in [1.29, 1.82) is 0 Å². The van der Waals surface area contributed by atoms with E-state index in [4.69, 9.17) is 11.5 Å². The number of hydrogen-bond acceptors (Lipinski definition) is 7. The Labute approximate surface area is 150 Å². The molecule has 5 N–H and O–H groups in total. The first-order valence-electron chi connectivity index (χ1n) is 7.44. The molecule has 0 bridgehead atoms. The molecule has 0 aliphatic rings. The molecule has 0 aliphatic heterocycles. The Morgan fingerprint density at radius 1 is 1.24 bits per heavy atom. The van der Waals surface area contributed by atoms with Crippen LogP contribution in [-0.2, 0) is 6.54 Å². The topological polar surface area (TPSA) is 137 Å². The number of nitrogen functional groups attached to an aromatic ring is 2. The first-order valence-corrected chi connectivity index (χ1v) is 8.23. The SMILES string of the molecule is Cc1cc(Cn2nnc3c(-c4[nH]ncc4Br)nc(N)nc32)ccc1N. The average molecular weight is 400 g/mol. The fraction of sp³-hybridized carbons (Fsp3) is 0.133. The molecule has 1 aromatic carbocycles. The Balaban J connectivity index is 1.83. The summed E-state index contributed by atoms with van der Waals surface area (Å²) in [4.78, 5) is 8.59. The highest BCUT2D eigenvalue weighted by Crippen LogP contribution is 2.29. The van der Waals surface area contributed by atoms with E-state index in [0.29, 0.717) is 29.1 Å². The largest absolute Gasteiger partial charge is 0.399 e. The number of fused-ring (bicyclic) bond motifs is 1. The van der Waals surface area contributed by atoms with E-state index in [2.05, 4.69) is 46.4 Å². The molecule has 0 saturated carbocycles. The lowest BCUT2D eigenvalue weighted by Crippen LogP contribution is -2.06. The van der Waals surface area contributed by atoms with Crippen molar-refractivity contribution in [2.24, 2.45) is 0 Å². The number of hydrogen-bond donors (Lipinski definition) is 3. The summed E-state index contributed by atoms with van der Waals surface area (Å²) >= 11 is 3.43. The number of aryl methyl sites for hydroxylation is 1. The lowest BCUT2D eigenvalue weighted by molar-refractivity contribution is 0.664. The number of anilines is 2. The molecule has 4 aromatic rings. The van der Waals surface area contributed by atoms with Crippen molar-refractivity contribution in [3.63, 3.8) is 0 Å². The number of rotatable bonds is 3. The lowest BCUT2D eigenvalue weighted by atomic mass is 10.1. The molecule has 0 radical (unpaired) electrons.